The number of nitrogens with zero attached hydrogens (tertiary/aromatic N) is 3. The molecule has 0 bridgehead atoms. The molecule has 0 aromatic carbocycles. The normalized spacial score (nSPS) is 10.5. The highest BCUT2D eigenvalue weighted by atomic mass is 32.1. The van der Waals surface area contributed by atoms with Crippen LogP contribution >= 0.6 is 22.7 Å². The summed E-state index contributed by atoms with van der Waals surface area (Å²) in [5.74, 6) is 0. The van der Waals surface area contributed by atoms with Gasteiger partial charge in [0.15, 0.2) is 0 Å². The van der Waals surface area contributed by atoms with Gasteiger partial charge < -0.3 is 4.57 Å². The van der Waals surface area contributed by atoms with Crippen LogP contribution in [0.25, 0.3) is 10.6 Å². The van der Waals surface area contributed by atoms with E-state index in [0.717, 1.165) is 16.3 Å². The maximum atomic E-state index is 12.2. The summed E-state index contributed by atoms with van der Waals surface area (Å²) in [6.45, 7) is 2.15. The van der Waals surface area contributed by atoms with Gasteiger partial charge in [-0.05, 0) is 30.0 Å². The first-order valence-corrected chi connectivity index (χ1v) is 8.08. The Morgan fingerprint density at radius 1 is 1.38 bits per heavy atom. The zero-order chi connectivity index (χ0) is 14.8. The summed E-state index contributed by atoms with van der Waals surface area (Å²) >= 11 is 3.19. The minimum Gasteiger partial charge on any atom is -0.308 e. The molecule has 3 rings (SSSR count). The van der Waals surface area contributed by atoms with Crippen LogP contribution in [0, 0.1) is 18.3 Å². The zero-order valence-corrected chi connectivity index (χ0v) is 12.9. The minimum atomic E-state index is -0.261. The van der Waals surface area contributed by atoms with Crippen molar-refractivity contribution in [1.29, 1.82) is 5.26 Å². The molecule has 4 nitrogen and oxygen atoms in total. The molecule has 0 aliphatic carbocycles. The standard InChI is InChI=1S/C15H11N3OS2/c1-10-2-4-18(15(19)13(10)6-16)7-12-9-21-14(17-12)11-3-5-20-8-11/h2-5,8-9H,7H2,1H3. The summed E-state index contributed by atoms with van der Waals surface area (Å²) in [4.78, 5) is 16.7. The highest BCUT2D eigenvalue weighted by Crippen LogP contribution is 2.25. The summed E-state index contributed by atoms with van der Waals surface area (Å²) in [6.07, 6.45) is 1.71. The molecule has 3 aromatic rings. The second-order valence-electron chi connectivity index (χ2n) is 4.57. The largest absolute Gasteiger partial charge is 0.308 e. The Morgan fingerprint density at radius 3 is 2.95 bits per heavy atom. The first-order chi connectivity index (χ1) is 10.2. The van der Waals surface area contributed by atoms with Crippen molar-refractivity contribution in [2.24, 2.45) is 0 Å². The van der Waals surface area contributed by atoms with Crippen LogP contribution in [0.1, 0.15) is 16.8 Å². The van der Waals surface area contributed by atoms with Crippen molar-refractivity contribution in [3.63, 3.8) is 0 Å². The number of hydrogen-bond acceptors (Lipinski definition) is 5. The SMILES string of the molecule is Cc1ccn(Cc2csc(-c3ccsc3)n2)c(=O)c1C#N. The van der Waals surface area contributed by atoms with E-state index < -0.39 is 0 Å². The van der Waals surface area contributed by atoms with E-state index in [1.165, 1.54) is 4.57 Å². The Labute approximate surface area is 129 Å². The van der Waals surface area contributed by atoms with E-state index in [1.807, 2.05) is 22.9 Å². The van der Waals surface area contributed by atoms with Crippen LogP contribution in [0.15, 0.2) is 39.3 Å². The van der Waals surface area contributed by atoms with Crippen LogP contribution in [0.4, 0.5) is 0 Å². The van der Waals surface area contributed by atoms with Crippen LogP contribution in [0.5, 0.6) is 0 Å². The lowest BCUT2D eigenvalue weighted by molar-refractivity contribution is 0.739. The lowest BCUT2D eigenvalue weighted by Crippen LogP contribution is -2.23. The van der Waals surface area contributed by atoms with Crippen molar-refractivity contribution in [2.45, 2.75) is 13.5 Å². The average molecular weight is 313 g/mol. The number of rotatable bonds is 3. The lowest BCUT2D eigenvalue weighted by Gasteiger charge is -2.05. The highest BCUT2D eigenvalue weighted by molar-refractivity contribution is 7.14. The molecule has 3 heterocycles. The van der Waals surface area contributed by atoms with Crippen LogP contribution in [0.2, 0.25) is 0 Å². The highest BCUT2D eigenvalue weighted by Gasteiger charge is 2.09. The molecule has 21 heavy (non-hydrogen) atoms. The molecule has 0 N–H and O–H groups in total. The Morgan fingerprint density at radius 2 is 2.24 bits per heavy atom. The Balaban J connectivity index is 1.92. The molecule has 0 aliphatic heterocycles. The number of nitriles is 1. The molecule has 0 spiro atoms. The van der Waals surface area contributed by atoms with Crippen molar-refractivity contribution >= 4 is 22.7 Å². The van der Waals surface area contributed by atoms with Gasteiger partial charge in [-0.1, -0.05) is 0 Å². The van der Waals surface area contributed by atoms with Crippen LogP contribution < -0.4 is 5.56 Å². The van der Waals surface area contributed by atoms with Gasteiger partial charge in [0.1, 0.15) is 16.6 Å². The molecule has 0 unspecified atom stereocenters. The lowest BCUT2D eigenvalue weighted by atomic mass is 10.2. The van der Waals surface area contributed by atoms with Gasteiger partial charge in [-0.15, -0.1) is 11.3 Å². The molecule has 0 amide bonds. The number of thiophene rings is 1. The number of hydrogen-bond donors (Lipinski definition) is 0. The predicted octanol–water partition coefficient (Wildman–Crippen LogP) is 3.26. The quantitative estimate of drug-likeness (QED) is 0.745. The van der Waals surface area contributed by atoms with Gasteiger partial charge in [0.05, 0.1) is 12.2 Å². The second kappa shape index (κ2) is 5.64. The van der Waals surface area contributed by atoms with Gasteiger partial charge in [0.25, 0.3) is 5.56 Å². The minimum absolute atomic E-state index is 0.200. The first kappa shape index (κ1) is 13.7. The summed E-state index contributed by atoms with van der Waals surface area (Å²) in [7, 11) is 0. The van der Waals surface area contributed by atoms with Gasteiger partial charge in [-0.25, -0.2) is 4.98 Å². The third-order valence-electron chi connectivity index (χ3n) is 3.14. The van der Waals surface area contributed by atoms with Crippen LogP contribution in [-0.2, 0) is 6.54 Å². The Hall–Kier alpha value is -2.23. The van der Waals surface area contributed by atoms with Crippen molar-refractivity contribution in [3.05, 3.63) is 61.6 Å². The van der Waals surface area contributed by atoms with E-state index in [2.05, 4.69) is 10.4 Å². The van der Waals surface area contributed by atoms with E-state index in [-0.39, 0.29) is 11.1 Å². The molecule has 0 aliphatic rings. The molecule has 0 saturated heterocycles. The monoisotopic (exact) mass is 313 g/mol. The fourth-order valence-electron chi connectivity index (χ4n) is 2.00. The molecular formula is C15H11N3OS2. The molecule has 0 saturated carbocycles. The average Bonchev–Trinajstić information content (AvgIpc) is 3.13. The predicted molar refractivity (Wildman–Crippen MR) is 84.7 cm³/mol. The van der Waals surface area contributed by atoms with Crippen molar-refractivity contribution in [3.8, 4) is 16.6 Å². The zero-order valence-electron chi connectivity index (χ0n) is 11.2. The molecule has 6 heteroatoms. The van der Waals surface area contributed by atoms with Gasteiger partial charge in [-0.2, -0.15) is 16.6 Å². The number of aryl methyl sites for hydroxylation is 1. The van der Waals surface area contributed by atoms with E-state index in [9.17, 15) is 4.79 Å². The van der Waals surface area contributed by atoms with E-state index in [4.69, 9.17) is 5.26 Å². The molecule has 3 aromatic heterocycles. The molecule has 104 valence electrons. The number of thiazole rings is 1. The Bertz CT molecular complexity index is 869. The van der Waals surface area contributed by atoms with Crippen LogP contribution in [0.3, 0.4) is 0 Å². The fourth-order valence-corrected chi connectivity index (χ4v) is 3.52. The van der Waals surface area contributed by atoms with E-state index >= 15 is 0 Å². The number of pyridine rings is 1. The van der Waals surface area contributed by atoms with E-state index in [1.54, 1.807) is 41.9 Å². The summed E-state index contributed by atoms with van der Waals surface area (Å²) in [6, 6.07) is 5.78. The molecule has 0 atom stereocenters. The number of aromatic nitrogens is 2. The van der Waals surface area contributed by atoms with Crippen molar-refractivity contribution in [2.75, 3.05) is 0 Å². The maximum absolute atomic E-state index is 12.2. The van der Waals surface area contributed by atoms with Gasteiger partial charge in [0, 0.05) is 22.5 Å². The smallest absolute Gasteiger partial charge is 0.269 e. The van der Waals surface area contributed by atoms with Crippen molar-refractivity contribution in [1.82, 2.24) is 9.55 Å². The summed E-state index contributed by atoms with van der Waals surface area (Å²) in [5.41, 5.74) is 2.57. The van der Waals surface area contributed by atoms with Crippen LogP contribution in [-0.4, -0.2) is 9.55 Å². The fraction of sp³-hybridized carbons (Fsp3) is 0.133. The van der Waals surface area contributed by atoms with E-state index in [0.29, 0.717) is 12.1 Å². The topological polar surface area (TPSA) is 58.7 Å². The van der Waals surface area contributed by atoms with Gasteiger partial charge >= 0.3 is 0 Å². The maximum Gasteiger partial charge on any atom is 0.269 e. The third kappa shape index (κ3) is 2.66. The molecule has 0 radical (unpaired) electrons. The second-order valence-corrected chi connectivity index (χ2v) is 6.21. The summed E-state index contributed by atoms with van der Waals surface area (Å²) < 4.78 is 1.53. The van der Waals surface area contributed by atoms with Gasteiger partial charge in [-0.3, -0.25) is 4.79 Å². The summed E-state index contributed by atoms with van der Waals surface area (Å²) in [5, 5.41) is 16.0. The molecular weight excluding hydrogens is 302 g/mol. The first-order valence-electron chi connectivity index (χ1n) is 6.26. The Kier molecular flexibility index (Phi) is 3.69. The third-order valence-corrected chi connectivity index (χ3v) is 4.76. The van der Waals surface area contributed by atoms with Gasteiger partial charge in [0.2, 0.25) is 0 Å². The van der Waals surface area contributed by atoms with Crippen molar-refractivity contribution < 1.29 is 0 Å². The molecule has 0 fully saturated rings.